The van der Waals surface area contributed by atoms with Crippen LogP contribution < -0.4 is 18.3 Å². The summed E-state index contributed by atoms with van der Waals surface area (Å²) in [4.78, 5) is 0. The number of hydrogen-bond donors (Lipinski definition) is 0. The molecule has 0 N–H and O–H groups in total. The van der Waals surface area contributed by atoms with Crippen molar-refractivity contribution in [2.75, 3.05) is 0 Å². The normalized spacial score (nSPS) is 13.2. The number of rotatable bonds is 9. The molecule has 129 heavy (non-hydrogen) atoms. The van der Waals surface area contributed by atoms with Crippen molar-refractivity contribution in [3.63, 3.8) is 0 Å². The molecule has 0 spiro atoms. The summed E-state index contributed by atoms with van der Waals surface area (Å²) in [5, 5.41) is 27.9. The van der Waals surface area contributed by atoms with E-state index in [0.29, 0.717) is 17.4 Å². The Labute approximate surface area is 758 Å². The molecule has 8 heterocycles. The Bertz CT molecular complexity index is 8980. The summed E-state index contributed by atoms with van der Waals surface area (Å²) in [5.41, 5.74) is 25.7. The second kappa shape index (κ2) is 32.4. The molecule has 1 unspecified atom stereocenters. The highest BCUT2D eigenvalue weighted by Crippen LogP contribution is 2.46. The lowest BCUT2D eigenvalue weighted by Crippen LogP contribution is -2.30. The van der Waals surface area contributed by atoms with Crippen LogP contribution in [0.5, 0.6) is 0 Å². The zero-order chi connectivity index (χ0) is 93.0. The van der Waals surface area contributed by atoms with Crippen molar-refractivity contribution in [2.45, 2.75) is 107 Å². The number of furan rings is 4. The van der Waals surface area contributed by atoms with Gasteiger partial charge in [0.15, 0.2) is 24.8 Å². The van der Waals surface area contributed by atoms with E-state index in [1.54, 1.807) is 6.07 Å². The second-order valence-corrected chi connectivity index (χ2v) is 36.4. The number of benzene rings is 16. The van der Waals surface area contributed by atoms with Gasteiger partial charge in [-0.1, -0.05) is 225 Å². The van der Waals surface area contributed by atoms with Crippen LogP contribution in [0.4, 0.5) is 0 Å². The fourth-order valence-electron chi connectivity index (χ4n) is 20.2. The van der Waals surface area contributed by atoms with Gasteiger partial charge in [-0.3, -0.25) is 0 Å². The first-order valence-corrected chi connectivity index (χ1v) is 45.0. The van der Waals surface area contributed by atoms with E-state index in [4.69, 9.17) is 24.5 Å². The van der Waals surface area contributed by atoms with Gasteiger partial charge < -0.3 is 17.7 Å². The molecule has 0 aliphatic carbocycles. The Balaban J connectivity index is 0.000000107. The summed E-state index contributed by atoms with van der Waals surface area (Å²) in [7, 11) is 8.36. The van der Waals surface area contributed by atoms with E-state index >= 15 is 0 Å². The minimum absolute atomic E-state index is 0.478. The van der Waals surface area contributed by atoms with Gasteiger partial charge in [0.1, 0.15) is 72.9 Å². The van der Waals surface area contributed by atoms with Crippen LogP contribution in [0.2, 0.25) is 0 Å². The van der Waals surface area contributed by atoms with E-state index in [1.165, 1.54) is 127 Å². The molecule has 0 fully saturated rings. The number of aryl methyl sites for hydroxylation is 8. The predicted octanol–water partition coefficient (Wildman–Crippen LogP) is 31.3. The standard InChI is InChI=1S/C31H28NO.3C30H26NO/c1-19(2)17-21-9-11-25-23(18-21)15-16-32(4)29(25)24-13-14-27-28-12-10-22-7-5-6-8-26(22)31(28)33-30(27)20(24)3;3*1-18(2)21-10-11-24-22(17-21)15-16-31(4)28(24)23-13-14-26-27-12-9-20-7-5-6-8-25(20)30(27)32-29(26)19(23)3/h5-16,18-19H,17H2,1-4H3;3*5-18H,1-4H3/q4*+1/i;1D3,18D;18D;. The fraction of sp³-hybridized carbons (Fsp3) is 0.174. The van der Waals surface area contributed by atoms with Crippen molar-refractivity contribution in [2.24, 2.45) is 34.1 Å². The first-order chi connectivity index (χ1) is 64.4. The summed E-state index contributed by atoms with van der Waals surface area (Å²) in [6, 6.07) is 103. The molecule has 8 heteroatoms. The summed E-state index contributed by atoms with van der Waals surface area (Å²) in [6.45, 7) is 20.5. The van der Waals surface area contributed by atoms with Gasteiger partial charge in [0.25, 0.3) is 0 Å². The molecule has 24 rings (SSSR count). The number of aromatic nitrogens is 4. The number of hydrogen-bond acceptors (Lipinski definition) is 4. The Kier molecular flexibility index (Phi) is 19.0. The Hall–Kier alpha value is -14.6. The zero-order valence-electron chi connectivity index (χ0n) is 80.8. The molecule has 0 saturated carbocycles. The van der Waals surface area contributed by atoms with Crippen LogP contribution >= 0.6 is 0 Å². The van der Waals surface area contributed by atoms with Gasteiger partial charge in [-0.05, 0) is 220 Å². The average Bonchev–Trinajstić information content (AvgIpc) is 1.56. The summed E-state index contributed by atoms with van der Waals surface area (Å²) in [6.07, 6.45) is 9.52. The molecular formula is C121H106N4O4+4. The molecule has 1 atom stereocenters. The van der Waals surface area contributed by atoms with Gasteiger partial charge >= 0.3 is 0 Å². The molecule has 0 aliphatic heterocycles. The molecule has 0 amide bonds. The molecular weight excluding hydrogens is 1570 g/mol. The lowest BCUT2D eigenvalue weighted by atomic mass is 9.94. The Morgan fingerprint density at radius 3 is 0.798 bits per heavy atom. The van der Waals surface area contributed by atoms with E-state index in [1.807, 2.05) is 57.4 Å². The van der Waals surface area contributed by atoms with Crippen molar-refractivity contribution < 1.29 is 42.8 Å². The third-order valence-corrected chi connectivity index (χ3v) is 27.1. The van der Waals surface area contributed by atoms with Crippen molar-refractivity contribution in [3.05, 3.63) is 360 Å². The molecule has 16 aromatic carbocycles. The highest BCUT2D eigenvalue weighted by Gasteiger charge is 2.29. The third kappa shape index (κ3) is 14.0. The number of fused-ring (bicyclic) bond motifs is 24. The van der Waals surface area contributed by atoms with E-state index < -0.39 is 18.6 Å². The highest BCUT2D eigenvalue weighted by molar-refractivity contribution is 6.21. The first kappa shape index (κ1) is 75.7. The molecule has 0 aliphatic rings. The van der Waals surface area contributed by atoms with Crippen LogP contribution in [-0.4, -0.2) is 0 Å². The molecule has 0 radical (unpaired) electrons. The monoisotopic (exact) mass is 1680 g/mol. The molecule has 24 aromatic rings. The maximum Gasteiger partial charge on any atom is 0.220 e. The van der Waals surface area contributed by atoms with Crippen molar-refractivity contribution in [3.8, 4) is 45.0 Å². The smallest absolute Gasteiger partial charge is 0.220 e. The largest absolute Gasteiger partial charge is 0.455 e. The minimum Gasteiger partial charge on any atom is -0.455 e. The van der Waals surface area contributed by atoms with Gasteiger partial charge in [-0.2, -0.15) is 0 Å². The van der Waals surface area contributed by atoms with Gasteiger partial charge in [-0.25, -0.2) is 18.3 Å². The average molecular weight is 1690 g/mol. The zero-order valence-corrected chi connectivity index (χ0v) is 75.8. The quantitative estimate of drug-likeness (QED) is 0.135. The number of nitrogens with zero attached hydrogens (tertiary/aromatic N) is 4. The van der Waals surface area contributed by atoms with Crippen molar-refractivity contribution in [1.29, 1.82) is 0 Å². The molecule has 8 nitrogen and oxygen atoms in total. The number of pyridine rings is 4. The molecule has 8 aromatic heterocycles. The second-order valence-electron chi connectivity index (χ2n) is 36.4. The fourth-order valence-corrected chi connectivity index (χ4v) is 20.2. The maximum atomic E-state index is 8.51. The molecule has 0 saturated heterocycles. The van der Waals surface area contributed by atoms with Gasteiger partial charge in [0.05, 0.1) is 43.8 Å². The SMILES string of the molecule is Cc1c(-c2c3ccc(C(C)C)cc3cc[n+]2C)ccc2c1oc1c3ccccc3ccc21.Cc1c(-c2c3ccc(CC(C)C)cc3cc[n+]2C)ccc2c1oc1c3ccccc3ccc21.[2H]C(C)(C)c1ccc2c(-c3ccc4c(oc5c6ccccc6ccc45)c3C)[n+](C)ccc2c1.[2H]C([2H])([2H])C([2H])(C)c1ccc2c(-c3ccc4c(oc5c6ccccc6ccc45)c3C)[n+](C)ccc2c1. The maximum absolute atomic E-state index is 8.51. The van der Waals surface area contributed by atoms with E-state index in [0.717, 1.165) is 144 Å². The summed E-state index contributed by atoms with van der Waals surface area (Å²) < 4.78 is 75.3. The van der Waals surface area contributed by atoms with Gasteiger partial charge in [0.2, 0.25) is 22.8 Å². The highest BCUT2D eigenvalue weighted by atomic mass is 16.3. The summed E-state index contributed by atoms with van der Waals surface area (Å²) in [5.74, 6) is -1.15. The minimum atomic E-state index is -2.42. The third-order valence-electron chi connectivity index (χ3n) is 27.1. The summed E-state index contributed by atoms with van der Waals surface area (Å²) >= 11 is 0. The van der Waals surface area contributed by atoms with Gasteiger partial charge in [0, 0.05) is 118 Å². The van der Waals surface area contributed by atoms with E-state index in [2.05, 4.69) is 368 Å². The van der Waals surface area contributed by atoms with Crippen LogP contribution in [-0.2, 0) is 34.6 Å². The van der Waals surface area contributed by atoms with Crippen molar-refractivity contribution in [1.82, 2.24) is 0 Å². The van der Waals surface area contributed by atoms with Crippen LogP contribution in [0.3, 0.4) is 0 Å². The van der Waals surface area contributed by atoms with Crippen molar-refractivity contribution >= 4 is 174 Å². The predicted molar refractivity (Wildman–Crippen MR) is 541 cm³/mol. The van der Waals surface area contributed by atoms with Crippen LogP contribution in [0.15, 0.2) is 334 Å². The molecule has 0 bridgehead atoms. The molecule has 630 valence electrons. The van der Waals surface area contributed by atoms with Gasteiger partial charge in [-0.15, -0.1) is 0 Å². The topological polar surface area (TPSA) is 68.1 Å². The lowest BCUT2D eigenvalue weighted by Gasteiger charge is -2.11. The van der Waals surface area contributed by atoms with Crippen LogP contribution in [0.1, 0.15) is 124 Å². The Morgan fingerprint density at radius 2 is 0.504 bits per heavy atom. The van der Waals surface area contributed by atoms with Crippen LogP contribution in [0, 0.1) is 33.6 Å². The first-order valence-electron chi connectivity index (χ1n) is 47.5. The lowest BCUT2D eigenvalue weighted by molar-refractivity contribution is -0.659. The Morgan fingerprint density at radius 1 is 0.248 bits per heavy atom. The van der Waals surface area contributed by atoms with Crippen LogP contribution in [0.25, 0.3) is 219 Å². The van der Waals surface area contributed by atoms with E-state index in [9.17, 15) is 0 Å². The van der Waals surface area contributed by atoms with E-state index in [-0.39, 0.29) is 0 Å².